The molecule has 2 fully saturated rings. The van der Waals surface area contributed by atoms with E-state index in [2.05, 4.69) is 0 Å². The van der Waals surface area contributed by atoms with Crippen molar-refractivity contribution < 1.29 is 23.2 Å². The van der Waals surface area contributed by atoms with Crippen LogP contribution in [0.1, 0.15) is 60.3 Å². The average Bonchev–Trinajstić information content (AvgIpc) is 3.10. The number of hydrogen-bond acceptors (Lipinski definition) is 4. The Kier molecular flexibility index (Phi) is 4.74. The molecule has 1 saturated heterocycles. The van der Waals surface area contributed by atoms with Crippen molar-refractivity contribution in [3.63, 3.8) is 0 Å². The predicted molar refractivity (Wildman–Crippen MR) is 82.8 cm³/mol. The number of ether oxygens (including phenoxy) is 1. The predicted octanol–water partition coefficient (Wildman–Crippen LogP) is 3.59. The summed E-state index contributed by atoms with van der Waals surface area (Å²) in [4.78, 5) is 11.4. The Balaban J connectivity index is 1.96. The molecule has 0 N–H and O–H groups in total. The second-order valence-electron chi connectivity index (χ2n) is 7.28. The minimum atomic E-state index is -0.954. The van der Waals surface area contributed by atoms with Crippen LogP contribution < -0.4 is 0 Å². The van der Waals surface area contributed by atoms with Gasteiger partial charge in [0, 0.05) is 6.42 Å². The van der Waals surface area contributed by atoms with Crippen molar-refractivity contribution in [2.75, 3.05) is 6.61 Å². The summed E-state index contributed by atoms with van der Waals surface area (Å²) in [5.41, 5.74) is -1.73. The molecule has 6 heteroatoms. The summed E-state index contributed by atoms with van der Waals surface area (Å²) in [5.74, 6) is -0.224. The van der Waals surface area contributed by atoms with Gasteiger partial charge in [0.1, 0.15) is 5.73 Å². The molecule has 124 valence electrons. The molecule has 0 radical (unpaired) electrons. The van der Waals surface area contributed by atoms with Crippen molar-refractivity contribution in [2.45, 2.75) is 71.5 Å². The van der Waals surface area contributed by atoms with Gasteiger partial charge in [0.05, 0.1) is 17.8 Å². The number of carbonyl (C=O) groups excluding carboxylic acids is 1. The van der Waals surface area contributed by atoms with Gasteiger partial charge in [-0.1, -0.05) is 6.08 Å². The quantitative estimate of drug-likeness (QED) is 0.555. The van der Waals surface area contributed by atoms with E-state index in [1.165, 1.54) is 0 Å². The zero-order valence-corrected chi connectivity index (χ0v) is 14.2. The van der Waals surface area contributed by atoms with Gasteiger partial charge in [0.15, 0.2) is 0 Å². The molecule has 1 saturated carbocycles. The van der Waals surface area contributed by atoms with Gasteiger partial charge in [0.25, 0.3) is 0 Å². The molecule has 0 atom stereocenters. The number of esters is 1. The molecule has 0 spiro atoms. The summed E-state index contributed by atoms with van der Waals surface area (Å²) in [5, 5.41) is 0. The van der Waals surface area contributed by atoms with E-state index in [0.29, 0.717) is 19.4 Å². The molecular weight excluding hydrogens is 286 g/mol. The molecule has 1 heterocycles. The van der Waals surface area contributed by atoms with Crippen LogP contribution in [-0.2, 0) is 18.8 Å². The van der Waals surface area contributed by atoms with Crippen LogP contribution in [-0.4, -0.2) is 30.9 Å². The molecule has 22 heavy (non-hydrogen) atoms. The van der Waals surface area contributed by atoms with Crippen molar-refractivity contribution >= 4 is 13.1 Å². The van der Waals surface area contributed by atoms with Crippen LogP contribution in [0.25, 0.3) is 0 Å². The maximum atomic E-state index is 14.5. The van der Waals surface area contributed by atoms with E-state index < -0.39 is 18.3 Å². The zero-order chi connectivity index (χ0) is 16.6. The highest BCUT2D eigenvalue weighted by Gasteiger charge is 2.54. The van der Waals surface area contributed by atoms with Crippen molar-refractivity contribution in [3.05, 3.63) is 11.8 Å². The Morgan fingerprint density at radius 3 is 2.23 bits per heavy atom. The lowest BCUT2D eigenvalue weighted by molar-refractivity contribution is -0.143. The maximum Gasteiger partial charge on any atom is 0.524 e. The van der Waals surface area contributed by atoms with Gasteiger partial charge in [0.2, 0.25) is 0 Å². The first-order chi connectivity index (χ1) is 10.1. The van der Waals surface area contributed by atoms with Gasteiger partial charge < -0.3 is 14.0 Å². The maximum absolute atomic E-state index is 14.5. The molecule has 0 amide bonds. The zero-order valence-electron chi connectivity index (χ0n) is 14.2. The third kappa shape index (κ3) is 3.71. The van der Waals surface area contributed by atoms with Gasteiger partial charge in [-0.05, 0) is 59.3 Å². The summed E-state index contributed by atoms with van der Waals surface area (Å²) < 4.78 is 30.8. The van der Waals surface area contributed by atoms with Crippen LogP contribution in [0.15, 0.2) is 11.8 Å². The number of hydrogen-bond donors (Lipinski definition) is 0. The van der Waals surface area contributed by atoms with E-state index in [1.807, 2.05) is 27.7 Å². The topological polar surface area (TPSA) is 44.8 Å². The van der Waals surface area contributed by atoms with Crippen molar-refractivity contribution in [1.82, 2.24) is 0 Å². The van der Waals surface area contributed by atoms with Crippen LogP contribution in [0.4, 0.5) is 4.39 Å². The summed E-state index contributed by atoms with van der Waals surface area (Å²) in [6, 6.07) is 0. The van der Waals surface area contributed by atoms with Gasteiger partial charge in [-0.3, -0.25) is 4.79 Å². The highest BCUT2D eigenvalue weighted by Crippen LogP contribution is 2.52. The summed E-state index contributed by atoms with van der Waals surface area (Å²) in [6.45, 7) is 9.75. The lowest BCUT2D eigenvalue weighted by atomic mass is 9.84. The van der Waals surface area contributed by atoms with Crippen molar-refractivity contribution in [1.29, 1.82) is 0 Å². The van der Waals surface area contributed by atoms with E-state index in [0.717, 1.165) is 12.8 Å². The molecule has 2 aliphatic rings. The molecule has 0 aromatic heterocycles. The minimum Gasteiger partial charge on any atom is -0.466 e. The highest BCUT2D eigenvalue weighted by molar-refractivity contribution is 6.53. The molecule has 1 aliphatic heterocycles. The molecule has 1 aliphatic carbocycles. The molecule has 4 nitrogen and oxygen atoms in total. The molecule has 0 aromatic rings. The molecular formula is C16H26BFO4. The third-order valence-corrected chi connectivity index (χ3v) is 4.95. The summed E-state index contributed by atoms with van der Waals surface area (Å²) in [7, 11) is -0.954. The Morgan fingerprint density at radius 1 is 1.23 bits per heavy atom. The Morgan fingerprint density at radius 2 is 1.77 bits per heavy atom. The molecule has 0 bridgehead atoms. The molecule has 2 rings (SSSR count). The van der Waals surface area contributed by atoms with E-state index in [9.17, 15) is 9.18 Å². The first-order valence-corrected chi connectivity index (χ1v) is 8.00. The van der Waals surface area contributed by atoms with E-state index in [-0.39, 0.29) is 17.1 Å². The van der Waals surface area contributed by atoms with Gasteiger partial charge in [-0.2, -0.15) is 0 Å². The Bertz CT molecular complexity index is 453. The van der Waals surface area contributed by atoms with Crippen molar-refractivity contribution in [2.24, 2.45) is 5.41 Å². The Hall–Kier alpha value is -0.875. The summed E-state index contributed by atoms with van der Waals surface area (Å²) in [6.07, 6.45) is 4.30. The van der Waals surface area contributed by atoms with E-state index >= 15 is 0 Å². The fourth-order valence-electron chi connectivity index (χ4n) is 2.53. The fraction of sp³-hybridized carbons (Fsp3) is 0.812. The normalized spacial score (nSPS) is 25.2. The number of allylic oxidation sites excluding steroid dienone is 1. The summed E-state index contributed by atoms with van der Waals surface area (Å²) >= 11 is 0. The number of carbonyl (C=O) groups is 1. The van der Waals surface area contributed by atoms with Crippen LogP contribution in [0.5, 0.6) is 0 Å². The van der Waals surface area contributed by atoms with Crippen LogP contribution in [0, 0.1) is 5.41 Å². The lowest BCUT2D eigenvalue weighted by Crippen LogP contribution is -2.41. The minimum absolute atomic E-state index is 0.224. The second-order valence-corrected chi connectivity index (χ2v) is 7.28. The average molecular weight is 312 g/mol. The van der Waals surface area contributed by atoms with Crippen LogP contribution in [0.3, 0.4) is 0 Å². The first kappa shape index (κ1) is 17.5. The van der Waals surface area contributed by atoms with E-state index in [1.54, 1.807) is 13.0 Å². The highest BCUT2D eigenvalue weighted by atomic mass is 19.1. The SMILES string of the molecule is CCOC(=O)CCC1(C=C(F)B2OC(C)(C)C(C)(C)O2)CC1. The van der Waals surface area contributed by atoms with Gasteiger partial charge >= 0.3 is 13.1 Å². The van der Waals surface area contributed by atoms with E-state index in [4.69, 9.17) is 14.0 Å². The van der Waals surface area contributed by atoms with Crippen LogP contribution in [0.2, 0.25) is 0 Å². The molecule has 0 unspecified atom stereocenters. The largest absolute Gasteiger partial charge is 0.524 e. The smallest absolute Gasteiger partial charge is 0.466 e. The monoisotopic (exact) mass is 312 g/mol. The third-order valence-electron chi connectivity index (χ3n) is 4.95. The number of rotatable bonds is 6. The second kappa shape index (κ2) is 5.97. The van der Waals surface area contributed by atoms with Gasteiger partial charge in [-0.25, -0.2) is 4.39 Å². The van der Waals surface area contributed by atoms with Crippen LogP contribution >= 0.6 is 0 Å². The van der Waals surface area contributed by atoms with Gasteiger partial charge in [-0.15, -0.1) is 0 Å². The number of halogens is 1. The Labute approximate surface area is 132 Å². The van der Waals surface area contributed by atoms with Crippen molar-refractivity contribution in [3.8, 4) is 0 Å². The standard InChI is InChI=1S/C16H26BFO4/c1-6-20-13(19)7-8-16(9-10-16)11-12(18)17-21-14(2,3)15(4,5)22-17/h11H,6-10H2,1-5H3. The fourth-order valence-corrected chi connectivity index (χ4v) is 2.53. The first-order valence-electron chi connectivity index (χ1n) is 8.00. The lowest BCUT2D eigenvalue weighted by Gasteiger charge is -2.32. The molecule has 0 aromatic carbocycles.